The predicted molar refractivity (Wildman–Crippen MR) is 64.3 cm³/mol. The summed E-state index contributed by atoms with van der Waals surface area (Å²) in [4.78, 5) is 8.92. The van der Waals surface area contributed by atoms with E-state index in [1.807, 2.05) is 19.9 Å². The van der Waals surface area contributed by atoms with Gasteiger partial charge in [-0.05, 0) is 26.5 Å². The molecule has 90 valence electrons. The van der Waals surface area contributed by atoms with E-state index in [9.17, 15) is 0 Å². The Labute approximate surface area is 97.5 Å². The fourth-order valence-electron chi connectivity index (χ4n) is 1.48. The van der Waals surface area contributed by atoms with Crippen LogP contribution in [0.4, 0.5) is 0 Å². The van der Waals surface area contributed by atoms with Crippen molar-refractivity contribution in [2.45, 2.75) is 39.8 Å². The van der Waals surface area contributed by atoms with Crippen LogP contribution in [-0.2, 0) is 17.7 Å². The van der Waals surface area contributed by atoms with Crippen LogP contribution in [0.25, 0.3) is 0 Å². The number of aryl methyl sites for hydroxylation is 1. The monoisotopic (exact) mass is 223 g/mol. The van der Waals surface area contributed by atoms with E-state index in [-0.39, 0.29) is 6.10 Å². The quantitative estimate of drug-likeness (QED) is 0.793. The van der Waals surface area contributed by atoms with Crippen LogP contribution in [0.2, 0.25) is 0 Å². The molecule has 0 aliphatic heterocycles. The molecule has 0 saturated carbocycles. The highest BCUT2D eigenvalue weighted by atomic mass is 16.5. The minimum atomic E-state index is 0.161. The number of nitrogens with one attached hydrogen (secondary N) is 1. The van der Waals surface area contributed by atoms with Gasteiger partial charge in [-0.3, -0.25) is 0 Å². The van der Waals surface area contributed by atoms with Crippen molar-refractivity contribution in [3.8, 4) is 0 Å². The van der Waals surface area contributed by atoms with Gasteiger partial charge in [0.2, 0.25) is 0 Å². The SMILES string of the molecule is CCNCc1cc(C)nc(CC(C)OC)n1. The van der Waals surface area contributed by atoms with Crippen molar-refractivity contribution >= 4 is 0 Å². The molecule has 4 heteroatoms. The molecule has 0 radical (unpaired) electrons. The number of methoxy groups -OCH3 is 1. The summed E-state index contributed by atoms with van der Waals surface area (Å²) in [5.41, 5.74) is 2.06. The molecule has 0 bridgehead atoms. The van der Waals surface area contributed by atoms with E-state index in [0.29, 0.717) is 0 Å². The number of hydrogen-bond acceptors (Lipinski definition) is 4. The number of aromatic nitrogens is 2. The molecule has 0 aliphatic rings. The maximum absolute atomic E-state index is 5.22. The molecule has 1 heterocycles. The molecule has 1 rings (SSSR count). The standard InChI is InChI=1S/C12H21N3O/c1-5-13-8-11-6-9(2)14-12(15-11)7-10(3)16-4/h6,10,13H,5,7-8H2,1-4H3. The van der Waals surface area contributed by atoms with Crippen molar-refractivity contribution < 1.29 is 4.74 Å². The molecule has 0 amide bonds. The maximum Gasteiger partial charge on any atom is 0.131 e. The highest BCUT2D eigenvalue weighted by molar-refractivity contribution is 5.10. The number of hydrogen-bond donors (Lipinski definition) is 1. The van der Waals surface area contributed by atoms with Gasteiger partial charge in [0.1, 0.15) is 5.82 Å². The summed E-state index contributed by atoms with van der Waals surface area (Å²) in [6.07, 6.45) is 0.922. The van der Waals surface area contributed by atoms with Crippen LogP contribution < -0.4 is 5.32 Å². The van der Waals surface area contributed by atoms with Crippen LogP contribution in [0.15, 0.2) is 6.07 Å². The van der Waals surface area contributed by atoms with Gasteiger partial charge < -0.3 is 10.1 Å². The van der Waals surface area contributed by atoms with Crippen molar-refractivity contribution in [1.82, 2.24) is 15.3 Å². The van der Waals surface area contributed by atoms with Gasteiger partial charge in [0.15, 0.2) is 0 Å². The third kappa shape index (κ3) is 4.24. The Morgan fingerprint density at radius 3 is 2.81 bits per heavy atom. The molecule has 4 nitrogen and oxygen atoms in total. The number of ether oxygens (including phenoxy) is 1. The molecule has 1 atom stereocenters. The third-order valence-electron chi connectivity index (χ3n) is 2.38. The molecule has 1 N–H and O–H groups in total. The average Bonchev–Trinajstić information content (AvgIpc) is 2.25. The molecular formula is C12H21N3O. The molecule has 0 saturated heterocycles. The average molecular weight is 223 g/mol. The molecule has 1 aromatic heterocycles. The summed E-state index contributed by atoms with van der Waals surface area (Å²) in [7, 11) is 1.71. The lowest BCUT2D eigenvalue weighted by Crippen LogP contribution is -2.16. The molecule has 1 aromatic rings. The van der Waals surface area contributed by atoms with E-state index in [0.717, 1.165) is 36.7 Å². The molecule has 1 unspecified atom stereocenters. The Balaban J connectivity index is 2.73. The van der Waals surface area contributed by atoms with E-state index in [4.69, 9.17) is 4.74 Å². The molecular weight excluding hydrogens is 202 g/mol. The van der Waals surface area contributed by atoms with Gasteiger partial charge >= 0.3 is 0 Å². The molecule has 0 aliphatic carbocycles. The van der Waals surface area contributed by atoms with Gasteiger partial charge in [-0.2, -0.15) is 0 Å². The van der Waals surface area contributed by atoms with Gasteiger partial charge in [0, 0.05) is 25.8 Å². The van der Waals surface area contributed by atoms with Crippen LogP contribution in [0.3, 0.4) is 0 Å². The van der Waals surface area contributed by atoms with Gasteiger partial charge in [-0.1, -0.05) is 6.92 Å². The van der Waals surface area contributed by atoms with Gasteiger partial charge in [-0.25, -0.2) is 9.97 Å². The summed E-state index contributed by atoms with van der Waals surface area (Å²) in [5, 5.41) is 3.26. The van der Waals surface area contributed by atoms with Crippen molar-refractivity contribution in [2.75, 3.05) is 13.7 Å². The summed E-state index contributed by atoms with van der Waals surface area (Å²) in [6, 6.07) is 2.02. The van der Waals surface area contributed by atoms with Crippen LogP contribution in [0, 0.1) is 6.92 Å². The van der Waals surface area contributed by atoms with Crippen LogP contribution in [0.1, 0.15) is 31.1 Å². The lowest BCUT2D eigenvalue weighted by Gasteiger charge is -2.10. The first-order chi connectivity index (χ1) is 7.65. The molecule has 16 heavy (non-hydrogen) atoms. The van der Waals surface area contributed by atoms with Crippen LogP contribution in [0.5, 0.6) is 0 Å². The first-order valence-electron chi connectivity index (χ1n) is 5.72. The van der Waals surface area contributed by atoms with Crippen molar-refractivity contribution in [3.05, 3.63) is 23.3 Å². The van der Waals surface area contributed by atoms with Crippen LogP contribution in [-0.4, -0.2) is 29.7 Å². The largest absolute Gasteiger partial charge is 0.381 e. The highest BCUT2D eigenvalue weighted by Crippen LogP contribution is 2.04. The molecule has 0 aromatic carbocycles. The normalized spacial score (nSPS) is 12.8. The van der Waals surface area contributed by atoms with Crippen molar-refractivity contribution in [3.63, 3.8) is 0 Å². The number of nitrogens with zero attached hydrogens (tertiary/aromatic N) is 2. The summed E-state index contributed by atoms with van der Waals surface area (Å²) in [5.74, 6) is 0.863. The first-order valence-corrected chi connectivity index (χ1v) is 5.72. The van der Waals surface area contributed by atoms with E-state index in [1.165, 1.54) is 0 Å². The van der Waals surface area contributed by atoms with Crippen molar-refractivity contribution in [1.29, 1.82) is 0 Å². The summed E-state index contributed by atoms with van der Waals surface area (Å²) in [6.45, 7) is 7.86. The second-order valence-electron chi connectivity index (χ2n) is 3.95. The zero-order valence-electron chi connectivity index (χ0n) is 10.6. The smallest absolute Gasteiger partial charge is 0.131 e. The fourth-order valence-corrected chi connectivity index (χ4v) is 1.48. The maximum atomic E-state index is 5.22. The molecule has 0 fully saturated rings. The topological polar surface area (TPSA) is 47.0 Å². The van der Waals surface area contributed by atoms with Crippen LogP contribution >= 0.6 is 0 Å². The zero-order valence-corrected chi connectivity index (χ0v) is 10.6. The van der Waals surface area contributed by atoms with Gasteiger partial charge in [-0.15, -0.1) is 0 Å². The summed E-state index contributed by atoms with van der Waals surface area (Å²) < 4.78 is 5.22. The minimum absolute atomic E-state index is 0.161. The minimum Gasteiger partial charge on any atom is -0.381 e. The van der Waals surface area contributed by atoms with E-state index in [2.05, 4.69) is 22.2 Å². The van der Waals surface area contributed by atoms with E-state index in [1.54, 1.807) is 7.11 Å². The second-order valence-corrected chi connectivity index (χ2v) is 3.95. The predicted octanol–water partition coefficient (Wildman–Crippen LogP) is 1.47. The van der Waals surface area contributed by atoms with Gasteiger partial charge in [0.25, 0.3) is 0 Å². The van der Waals surface area contributed by atoms with Crippen molar-refractivity contribution in [2.24, 2.45) is 0 Å². The van der Waals surface area contributed by atoms with Gasteiger partial charge in [0.05, 0.1) is 11.8 Å². The fraction of sp³-hybridized carbons (Fsp3) is 0.667. The first kappa shape index (κ1) is 13.1. The third-order valence-corrected chi connectivity index (χ3v) is 2.38. The highest BCUT2D eigenvalue weighted by Gasteiger charge is 2.06. The second kappa shape index (κ2) is 6.55. The van der Waals surface area contributed by atoms with E-state index >= 15 is 0 Å². The Bertz CT molecular complexity index is 328. The Morgan fingerprint density at radius 2 is 2.19 bits per heavy atom. The zero-order chi connectivity index (χ0) is 12.0. The Kier molecular flexibility index (Phi) is 5.35. The lowest BCUT2D eigenvalue weighted by atomic mass is 10.2. The lowest BCUT2D eigenvalue weighted by molar-refractivity contribution is 0.117. The number of rotatable bonds is 6. The van der Waals surface area contributed by atoms with E-state index < -0.39 is 0 Å². The Hall–Kier alpha value is -1.00. The Morgan fingerprint density at radius 1 is 1.44 bits per heavy atom. The molecule has 0 spiro atoms. The summed E-state index contributed by atoms with van der Waals surface area (Å²) >= 11 is 0.